The average Bonchev–Trinajstić information content (AvgIpc) is 2.94. The van der Waals surface area contributed by atoms with E-state index in [4.69, 9.17) is 14.9 Å². The smallest absolute Gasteiger partial charge is 0.273 e. The first-order valence-corrected chi connectivity index (χ1v) is 6.44. The van der Waals surface area contributed by atoms with E-state index in [1.807, 2.05) is 35.2 Å². The van der Waals surface area contributed by atoms with Crippen molar-refractivity contribution in [2.75, 3.05) is 31.2 Å². The molecule has 0 spiro atoms. The number of hydrogen-bond donors (Lipinski definition) is 1. The van der Waals surface area contributed by atoms with Gasteiger partial charge in [-0.1, -0.05) is 18.2 Å². The lowest BCUT2D eigenvalue weighted by Crippen LogP contribution is -2.37. The van der Waals surface area contributed by atoms with Crippen LogP contribution < -0.4 is 10.6 Å². The number of nitrogens with zero attached hydrogens (tertiary/aromatic N) is 2. The third-order valence-electron chi connectivity index (χ3n) is 3.16. The third-order valence-corrected chi connectivity index (χ3v) is 3.16. The van der Waals surface area contributed by atoms with Gasteiger partial charge in [0, 0.05) is 18.7 Å². The molecule has 20 heavy (non-hydrogen) atoms. The molecule has 3 rings (SSSR count). The molecule has 1 aromatic carbocycles. The summed E-state index contributed by atoms with van der Waals surface area (Å²) in [6.45, 7) is 2.51. The van der Waals surface area contributed by atoms with E-state index in [0.717, 1.165) is 5.56 Å². The SMILES string of the molecule is NC(=O)c1nc(-c2ccccc2)oc1N1CCOCC1. The summed E-state index contributed by atoms with van der Waals surface area (Å²) < 4.78 is 11.1. The van der Waals surface area contributed by atoms with Gasteiger partial charge in [0.05, 0.1) is 13.2 Å². The summed E-state index contributed by atoms with van der Waals surface area (Å²) in [5.74, 6) is 0.248. The number of oxazole rings is 1. The van der Waals surface area contributed by atoms with E-state index in [1.54, 1.807) is 0 Å². The number of morpholine rings is 1. The summed E-state index contributed by atoms with van der Waals surface area (Å²) in [6.07, 6.45) is 0. The molecule has 0 radical (unpaired) electrons. The number of nitrogens with two attached hydrogens (primary N) is 1. The molecule has 6 heteroatoms. The van der Waals surface area contributed by atoms with Gasteiger partial charge >= 0.3 is 0 Å². The molecule has 1 fully saturated rings. The number of rotatable bonds is 3. The number of amides is 1. The Bertz CT molecular complexity index is 603. The predicted octanol–water partition coefficient (Wildman–Crippen LogP) is 1.28. The maximum absolute atomic E-state index is 11.6. The Morgan fingerprint density at radius 3 is 2.55 bits per heavy atom. The van der Waals surface area contributed by atoms with Crippen molar-refractivity contribution >= 4 is 11.8 Å². The number of carbonyl (C=O) groups is 1. The Kier molecular flexibility index (Phi) is 3.39. The first kappa shape index (κ1) is 12.7. The fourth-order valence-corrected chi connectivity index (χ4v) is 2.16. The molecule has 1 aromatic heterocycles. The molecule has 2 aromatic rings. The highest BCUT2D eigenvalue weighted by molar-refractivity contribution is 5.96. The molecule has 0 saturated carbocycles. The number of carbonyl (C=O) groups excluding carboxylic acids is 1. The van der Waals surface area contributed by atoms with Crippen LogP contribution in [0.25, 0.3) is 11.5 Å². The van der Waals surface area contributed by atoms with Crippen LogP contribution in [0, 0.1) is 0 Å². The van der Waals surface area contributed by atoms with Crippen LogP contribution in [-0.2, 0) is 4.74 Å². The molecule has 1 amide bonds. The minimum atomic E-state index is -0.586. The van der Waals surface area contributed by atoms with Crippen LogP contribution in [-0.4, -0.2) is 37.2 Å². The molecular formula is C14H15N3O3. The fraction of sp³-hybridized carbons (Fsp3) is 0.286. The van der Waals surface area contributed by atoms with Crippen LogP contribution >= 0.6 is 0 Å². The van der Waals surface area contributed by atoms with E-state index < -0.39 is 5.91 Å². The Labute approximate surface area is 116 Å². The van der Waals surface area contributed by atoms with Gasteiger partial charge in [0.1, 0.15) is 0 Å². The van der Waals surface area contributed by atoms with Crippen molar-refractivity contribution in [2.24, 2.45) is 5.73 Å². The number of anilines is 1. The highest BCUT2D eigenvalue weighted by Crippen LogP contribution is 2.28. The molecule has 1 saturated heterocycles. The van der Waals surface area contributed by atoms with Crippen molar-refractivity contribution in [2.45, 2.75) is 0 Å². The van der Waals surface area contributed by atoms with Crippen molar-refractivity contribution in [3.63, 3.8) is 0 Å². The van der Waals surface area contributed by atoms with Crippen LogP contribution in [0.2, 0.25) is 0 Å². The second-order valence-corrected chi connectivity index (χ2v) is 4.50. The fourth-order valence-electron chi connectivity index (χ4n) is 2.16. The molecule has 2 N–H and O–H groups in total. The predicted molar refractivity (Wildman–Crippen MR) is 73.5 cm³/mol. The van der Waals surface area contributed by atoms with Gasteiger partial charge in [-0.05, 0) is 12.1 Å². The van der Waals surface area contributed by atoms with Gasteiger partial charge in [0.15, 0.2) is 5.69 Å². The third kappa shape index (κ3) is 2.37. The van der Waals surface area contributed by atoms with E-state index in [0.29, 0.717) is 38.1 Å². The van der Waals surface area contributed by atoms with E-state index in [1.165, 1.54) is 0 Å². The van der Waals surface area contributed by atoms with Crippen LogP contribution in [0.3, 0.4) is 0 Å². The second kappa shape index (κ2) is 5.34. The zero-order chi connectivity index (χ0) is 13.9. The number of ether oxygens (including phenoxy) is 1. The van der Waals surface area contributed by atoms with Gasteiger partial charge in [0.25, 0.3) is 5.91 Å². The highest BCUT2D eigenvalue weighted by Gasteiger charge is 2.25. The van der Waals surface area contributed by atoms with E-state index in [9.17, 15) is 4.79 Å². The Balaban J connectivity index is 2.00. The summed E-state index contributed by atoms with van der Waals surface area (Å²) >= 11 is 0. The Morgan fingerprint density at radius 1 is 1.20 bits per heavy atom. The van der Waals surface area contributed by atoms with Crippen molar-refractivity contribution in [3.8, 4) is 11.5 Å². The number of benzene rings is 1. The number of aromatic nitrogens is 1. The standard InChI is InChI=1S/C14H15N3O3/c15-12(18)11-14(17-6-8-19-9-7-17)20-13(16-11)10-4-2-1-3-5-10/h1-5H,6-9H2,(H2,15,18). The van der Waals surface area contributed by atoms with Crippen LogP contribution in [0.4, 0.5) is 5.88 Å². The largest absolute Gasteiger partial charge is 0.420 e. The van der Waals surface area contributed by atoms with Gasteiger partial charge in [-0.3, -0.25) is 4.79 Å². The first-order chi connectivity index (χ1) is 9.75. The molecular weight excluding hydrogens is 258 g/mol. The van der Waals surface area contributed by atoms with Gasteiger partial charge in [-0.25, -0.2) is 4.98 Å². The normalized spacial score (nSPS) is 15.3. The zero-order valence-corrected chi connectivity index (χ0v) is 10.9. The van der Waals surface area contributed by atoms with Crippen molar-refractivity contribution < 1.29 is 13.9 Å². The van der Waals surface area contributed by atoms with E-state index in [2.05, 4.69) is 4.98 Å². The Hall–Kier alpha value is -2.34. The molecule has 1 aliphatic rings. The van der Waals surface area contributed by atoms with Crippen molar-refractivity contribution in [1.82, 2.24) is 4.98 Å². The van der Waals surface area contributed by atoms with Crippen LogP contribution in [0.15, 0.2) is 34.7 Å². The maximum Gasteiger partial charge on any atom is 0.273 e. The summed E-state index contributed by atoms with van der Waals surface area (Å²) in [5, 5.41) is 0. The lowest BCUT2D eigenvalue weighted by molar-refractivity contribution is 0.0993. The van der Waals surface area contributed by atoms with Crippen LogP contribution in [0.5, 0.6) is 0 Å². The number of hydrogen-bond acceptors (Lipinski definition) is 5. The average molecular weight is 273 g/mol. The maximum atomic E-state index is 11.6. The molecule has 0 unspecified atom stereocenters. The molecule has 0 bridgehead atoms. The minimum absolute atomic E-state index is 0.172. The minimum Gasteiger partial charge on any atom is -0.420 e. The van der Waals surface area contributed by atoms with E-state index >= 15 is 0 Å². The van der Waals surface area contributed by atoms with Gasteiger partial charge in [-0.15, -0.1) is 0 Å². The monoisotopic (exact) mass is 273 g/mol. The summed E-state index contributed by atoms with van der Waals surface area (Å²) in [7, 11) is 0. The zero-order valence-electron chi connectivity index (χ0n) is 10.9. The van der Waals surface area contributed by atoms with Crippen molar-refractivity contribution in [1.29, 1.82) is 0 Å². The first-order valence-electron chi connectivity index (χ1n) is 6.44. The molecule has 2 heterocycles. The van der Waals surface area contributed by atoms with Crippen LogP contribution in [0.1, 0.15) is 10.5 Å². The quantitative estimate of drug-likeness (QED) is 0.911. The molecule has 104 valence electrons. The molecule has 1 aliphatic heterocycles. The molecule has 6 nitrogen and oxygen atoms in total. The molecule has 0 atom stereocenters. The second-order valence-electron chi connectivity index (χ2n) is 4.50. The topological polar surface area (TPSA) is 81.6 Å². The van der Waals surface area contributed by atoms with E-state index in [-0.39, 0.29) is 5.69 Å². The Morgan fingerprint density at radius 2 is 1.90 bits per heavy atom. The lowest BCUT2D eigenvalue weighted by atomic mass is 10.2. The van der Waals surface area contributed by atoms with Gasteiger partial charge < -0.3 is 19.8 Å². The lowest BCUT2D eigenvalue weighted by Gasteiger charge is -2.26. The van der Waals surface area contributed by atoms with Crippen molar-refractivity contribution in [3.05, 3.63) is 36.0 Å². The summed E-state index contributed by atoms with van der Waals surface area (Å²) in [5.41, 5.74) is 6.38. The summed E-state index contributed by atoms with van der Waals surface area (Å²) in [6, 6.07) is 9.43. The molecule has 0 aliphatic carbocycles. The highest BCUT2D eigenvalue weighted by atomic mass is 16.5. The van der Waals surface area contributed by atoms with Gasteiger partial charge in [-0.2, -0.15) is 0 Å². The summed E-state index contributed by atoms with van der Waals surface area (Å²) in [4.78, 5) is 17.7. The van der Waals surface area contributed by atoms with Gasteiger partial charge in [0.2, 0.25) is 11.8 Å². The number of primary amides is 1.